The molecule has 0 heterocycles. The Hall–Kier alpha value is -1.66. The number of carbonyl (C=O) groups excluding carboxylic acids is 1. The van der Waals surface area contributed by atoms with Crippen LogP contribution in [-0.2, 0) is 11.2 Å². The highest BCUT2D eigenvalue weighted by Crippen LogP contribution is 1.99. The zero-order chi connectivity index (χ0) is 9.36. The Morgan fingerprint density at radius 3 is 2.69 bits per heavy atom. The second kappa shape index (κ2) is 5.92. The molecule has 66 valence electrons. The lowest BCUT2D eigenvalue weighted by molar-refractivity contribution is 0.564. The van der Waals surface area contributed by atoms with Gasteiger partial charge in [0, 0.05) is 0 Å². The average Bonchev–Trinajstić information content (AvgIpc) is 2.19. The van der Waals surface area contributed by atoms with Crippen LogP contribution in [0.25, 0.3) is 0 Å². The highest BCUT2D eigenvalue weighted by molar-refractivity contribution is 5.33. The Kier molecular flexibility index (Phi) is 4.30. The maximum Gasteiger partial charge on any atom is 0.235 e. The molecule has 0 aromatic heterocycles. The molecule has 1 rings (SSSR count). The monoisotopic (exact) mass is 173 g/mol. The number of hydrogen-bond acceptors (Lipinski definition) is 2. The van der Waals surface area contributed by atoms with Crippen molar-refractivity contribution in [1.29, 1.82) is 0 Å². The van der Waals surface area contributed by atoms with E-state index in [0.29, 0.717) is 6.54 Å². The van der Waals surface area contributed by atoms with Crippen LogP contribution in [0.1, 0.15) is 5.56 Å². The van der Waals surface area contributed by atoms with Crippen molar-refractivity contribution in [2.45, 2.75) is 6.42 Å². The van der Waals surface area contributed by atoms with Crippen molar-refractivity contribution in [2.75, 3.05) is 6.54 Å². The first kappa shape index (κ1) is 9.43. The minimum atomic E-state index is 0.427. The van der Waals surface area contributed by atoms with Gasteiger partial charge in [-0.05, 0) is 12.0 Å². The first-order valence-electron chi connectivity index (χ1n) is 4.16. The quantitative estimate of drug-likeness (QED) is 0.389. The normalized spacial score (nSPS) is 9.85. The zero-order valence-corrected chi connectivity index (χ0v) is 7.31. The summed E-state index contributed by atoms with van der Waals surface area (Å²) >= 11 is 0. The molecule has 0 unspecified atom stereocenters. The minimum Gasteiger partial charge on any atom is -0.211 e. The molecule has 0 aliphatic rings. The van der Waals surface area contributed by atoms with E-state index in [1.165, 1.54) is 11.6 Å². The van der Waals surface area contributed by atoms with Crippen LogP contribution >= 0.6 is 0 Å². The largest absolute Gasteiger partial charge is 0.235 e. The Labute approximate surface area is 77.6 Å². The predicted molar refractivity (Wildman–Crippen MR) is 52.3 cm³/mol. The van der Waals surface area contributed by atoms with Crippen LogP contribution < -0.4 is 0 Å². The summed E-state index contributed by atoms with van der Waals surface area (Å²) in [4.78, 5) is 13.1. The molecule has 0 aliphatic carbocycles. The van der Waals surface area contributed by atoms with Crippen LogP contribution in [0.15, 0.2) is 47.5 Å². The van der Waals surface area contributed by atoms with Crippen LogP contribution in [-0.4, -0.2) is 12.6 Å². The van der Waals surface area contributed by atoms with E-state index in [4.69, 9.17) is 0 Å². The summed E-state index contributed by atoms with van der Waals surface area (Å²) < 4.78 is 0. The fourth-order valence-corrected chi connectivity index (χ4v) is 0.998. The number of nitrogens with zero attached hydrogens (tertiary/aromatic N) is 1. The number of aliphatic imine (C=N–C) groups is 1. The second-order valence-electron chi connectivity index (χ2n) is 2.59. The fraction of sp³-hybridized carbons (Fsp3) is 0.182. The molecular formula is C11H11NO. The van der Waals surface area contributed by atoms with Crippen molar-refractivity contribution in [3.8, 4) is 0 Å². The average molecular weight is 173 g/mol. The first-order valence-corrected chi connectivity index (χ1v) is 4.16. The van der Waals surface area contributed by atoms with Crippen molar-refractivity contribution in [3.05, 3.63) is 48.0 Å². The van der Waals surface area contributed by atoms with Crippen LogP contribution in [0.4, 0.5) is 0 Å². The van der Waals surface area contributed by atoms with Crippen LogP contribution in [0, 0.1) is 0 Å². The molecule has 0 fully saturated rings. The smallest absolute Gasteiger partial charge is 0.211 e. The molecule has 2 heteroatoms. The molecular weight excluding hydrogens is 162 g/mol. The molecule has 0 atom stereocenters. The molecule has 0 amide bonds. The Morgan fingerprint density at radius 1 is 1.23 bits per heavy atom. The van der Waals surface area contributed by atoms with E-state index >= 15 is 0 Å². The number of hydrogen-bond donors (Lipinski definition) is 0. The van der Waals surface area contributed by atoms with E-state index in [9.17, 15) is 4.79 Å². The summed E-state index contributed by atoms with van der Waals surface area (Å²) in [6.45, 7) is 0.427. The maximum absolute atomic E-state index is 9.71. The summed E-state index contributed by atoms with van der Waals surface area (Å²) in [5.41, 5.74) is 1.26. The van der Waals surface area contributed by atoms with Crippen molar-refractivity contribution < 1.29 is 4.79 Å². The molecule has 0 saturated heterocycles. The molecule has 13 heavy (non-hydrogen) atoms. The van der Waals surface area contributed by atoms with Gasteiger partial charge in [-0.2, -0.15) is 0 Å². The van der Waals surface area contributed by atoms with Gasteiger partial charge in [-0.3, -0.25) is 0 Å². The Morgan fingerprint density at radius 2 is 2.00 bits per heavy atom. The van der Waals surface area contributed by atoms with Crippen molar-refractivity contribution >= 4 is 6.08 Å². The van der Waals surface area contributed by atoms with Crippen LogP contribution in [0.2, 0.25) is 0 Å². The van der Waals surface area contributed by atoms with Gasteiger partial charge in [0.2, 0.25) is 6.08 Å². The molecule has 1 aromatic carbocycles. The van der Waals surface area contributed by atoms with E-state index in [-0.39, 0.29) is 0 Å². The van der Waals surface area contributed by atoms with Crippen LogP contribution in [0.3, 0.4) is 0 Å². The predicted octanol–water partition coefficient (Wildman–Crippen LogP) is 2.12. The third-order valence-electron chi connectivity index (χ3n) is 1.62. The highest BCUT2D eigenvalue weighted by Gasteiger charge is 1.84. The molecule has 2 nitrogen and oxygen atoms in total. The van der Waals surface area contributed by atoms with Crippen molar-refractivity contribution in [1.82, 2.24) is 0 Å². The van der Waals surface area contributed by atoms with Gasteiger partial charge in [0.15, 0.2) is 0 Å². The summed E-state index contributed by atoms with van der Waals surface area (Å²) in [5, 5.41) is 0. The van der Waals surface area contributed by atoms with Gasteiger partial charge in [0.25, 0.3) is 0 Å². The molecule has 0 saturated carbocycles. The lowest BCUT2D eigenvalue weighted by atomic mass is 10.1. The molecule has 0 spiro atoms. The molecule has 0 aliphatic heterocycles. The van der Waals surface area contributed by atoms with E-state index in [0.717, 1.165) is 6.42 Å². The van der Waals surface area contributed by atoms with Gasteiger partial charge in [-0.1, -0.05) is 42.5 Å². The van der Waals surface area contributed by atoms with Gasteiger partial charge in [0.05, 0.1) is 6.54 Å². The van der Waals surface area contributed by atoms with Gasteiger partial charge in [0.1, 0.15) is 0 Å². The molecule has 0 N–H and O–H groups in total. The number of isocyanates is 1. The summed E-state index contributed by atoms with van der Waals surface area (Å²) in [7, 11) is 0. The summed E-state index contributed by atoms with van der Waals surface area (Å²) in [6, 6.07) is 10.1. The topological polar surface area (TPSA) is 29.4 Å². The molecule has 0 radical (unpaired) electrons. The second-order valence-corrected chi connectivity index (χ2v) is 2.59. The third-order valence-corrected chi connectivity index (χ3v) is 1.62. The third kappa shape index (κ3) is 4.04. The summed E-state index contributed by atoms with van der Waals surface area (Å²) in [6.07, 6.45) is 6.23. The van der Waals surface area contributed by atoms with Gasteiger partial charge < -0.3 is 0 Å². The lowest BCUT2D eigenvalue weighted by Crippen LogP contribution is -1.79. The minimum absolute atomic E-state index is 0.427. The van der Waals surface area contributed by atoms with E-state index in [1.807, 2.05) is 30.4 Å². The van der Waals surface area contributed by atoms with E-state index < -0.39 is 0 Å². The molecule has 0 bridgehead atoms. The lowest BCUT2D eigenvalue weighted by Gasteiger charge is -1.92. The maximum atomic E-state index is 9.71. The number of allylic oxidation sites excluding steroid dienone is 1. The first-order chi connectivity index (χ1) is 6.43. The van der Waals surface area contributed by atoms with E-state index in [1.54, 1.807) is 0 Å². The number of benzene rings is 1. The fourth-order valence-electron chi connectivity index (χ4n) is 0.998. The van der Waals surface area contributed by atoms with Gasteiger partial charge >= 0.3 is 0 Å². The molecule has 1 aromatic rings. The van der Waals surface area contributed by atoms with Gasteiger partial charge in [-0.25, -0.2) is 9.79 Å². The Bertz CT molecular complexity index is 310. The highest BCUT2D eigenvalue weighted by atomic mass is 16.1. The SMILES string of the molecule is O=C=NC/C=C\Cc1ccccc1. The van der Waals surface area contributed by atoms with Crippen LogP contribution in [0.5, 0.6) is 0 Å². The van der Waals surface area contributed by atoms with E-state index in [2.05, 4.69) is 17.1 Å². The standard InChI is InChI=1S/C11H11NO/c13-10-12-9-5-4-8-11-6-2-1-3-7-11/h1-7H,8-9H2/b5-4-. The Balaban J connectivity index is 2.35. The van der Waals surface area contributed by atoms with Gasteiger partial charge in [-0.15, -0.1) is 0 Å². The zero-order valence-electron chi connectivity index (χ0n) is 7.31. The van der Waals surface area contributed by atoms with Crippen molar-refractivity contribution in [2.24, 2.45) is 4.99 Å². The summed E-state index contributed by atoms with van der Waals surface area (Å²) in [5.74, 6) is 0. The number of rotatable bonds is 4. The van der Waals surface area contributed by atoms with Crippen molar-refractivity contribution in [3.63, 3.8) is 0 Å².